The Morgan fingerprint density at radius 3 is 2.61 bits per heavy atom. The van der Waals surface area contributed by atoms with Crippen LogP contribution in [0.25, 0.3) is 0 Å². The minimum Gasteiger partial charge on any atom is -0.465 e. The molecular weight excluding hydrogens is 274 g/mol. The minimum atomic E-state index is -3.62. The fourth-order valence-corrected chi connectivity index (χ4v) is 4.11. The highest BCUT2D eigenvalue weighted by molar-refractivity contribution is 7.91. The number of esters is 1. The summed E-state index contributed by atoms with van der Waals surface area (Å²) in [5, 5.41) is 1.69. The van der Waals surface area contributed by atoms with Crippen molar-refractivity contribution in [2.24, 2.45) is 0 Å². The first-order chi connectivity index (χ1) is 8.39. The lowest BCUT2D eigenvalue weighted by molar-refractivity contribution is -0.143. The monoisotopic (exact) mass is 291 g/mol. The van der Waals surface area contributed by atoms with Gasteiger partial charge in [0.25, 0.3) is 10.0 Å². The Morgan fingerprint density at radius 2 is 2.17 bits per heavy atom. The van der Waals surface area contributed by atoms with Crippen LogP contribution in [0.1, 0.15) is 20.8 Å². The summed E-state index contributed by atoms with van der Waals surface area (Å²) in [6.07, 6.45) is 0. The zero-order chi connectivity index (χ0) is 13.8. The molecule has 1 aromatic rings. The standard InChI is InChI=1S/C11H17NO4S2/c1-4-16-10(13)8-12(9(2)3)18(14,15)11-6-5-7-17-11/h5-7,9H,4,8H2,1-3H3. The highest BCUT2D eigenvalue weighted by Crippen LogP contribution is 2.22. The predicted molar refractivity (Wildman–Crippen MR) is 70.0 cm³/mol. The van der Waals surface area contributed by atoms with Crippen molar-refractivity contribution in [1.82, 2.24) is 4.31 Å². The summed E-state index contributed by atoms with van der Waals surface area (Å²) in [4.78, 5) is 11.4. The third kappa shape index (κ3) is 3.54. The van der Waals surface area contributed by atoms with Crippen molar-refractivity contribution >= 4 is 27.3 Å². The van der Waals surface area contributed by atoms with E-state index in [1.807, 2.05) is 0 Å². The molecule has 1 aromatic heterocycles. The largest absolute Gasteiger partial charge is 0.465 e. The quantitative estimate of drug-likeness (QED) is 0.749. The third-order valence-corrected chi connectivity index (χ3v) is 5.62. The van der Waals surface area contributed by atoms with Crippen LogP contribution in [0.2, 0.25) is 0 Å². The average Bonchev–Trinajstić information content (AvgIpc) is 2.79. The van der Waals surface area contributed by atoms with Crippen LogP contribution in [0.4, 0.5) is 0 Å². The van der Waals surface area contributed by atoms with Gasteiger partial charge in [0.15, 0.2) is 0 Å². The lowest BCUT2D eigenvalue weighted by Crippen LogP contribution is -2.40. The number of rotatable bonds is 6. The van der Waals surface area contributed by atoms with Gasteiger partial charge >= 0.3 is 5.97 Å². The average molecular weight is 291 g/mol. The number of ether oxygens (including phenoxy) is 1. The Bertz CT molecular complexity index is 479. The van der Waals surface area contributed by atoms with Crippen LogP contribution in [0.3, 0.4) is 0 Å². The fraction of sp³-hybridized carbons (Fsp3) is 0.545. The molecule has 0 radical (unpaired) electrons. The van der Waals surface area contributed by atoms with Gasteiger partial charge in [0.1, 0.15) is 10.8 Å². The van der Waals surface area contributed by atoms with Gasteiger partial charge in [-0.2, -0.15) is 4.31 Å². The van der Waals surface area contributed by atoms with Gasteiger partial charge in [-0.25, -0.2) is 8.42 Å². The highest BCUT2D eigenvalue weighted by atomic mass is 32.2. The van der Waals surface area contributed by atoms with E-state index in [4.69, 9.17) is 4.74 Å². The van der Waals surface area contributed by atoms with Gasteiger partial charge in [-0.1, -0.05) is 6.07 Å². The molecule has 0 aliphatic carbocycles. The van der Waals surface area contributed by atoms with Gasteiger partial charge in [-0.05, 0) is 32.2 Å². The zero-order valence-corrected chi connectivity index (χ0v) is 12.3. The smallest absolute Gasteiger partial charge is 0.321 e. The van der Waals surface area contributed by atoms with Crippen LogP contribution >= 0.6 is 11.3 Å². The van der Waals surface area contributed by atoms with Crippen LogP contribution in [0.15, 0.2) is 21.7 Å². The molecule has 0 atom stereocenters. The normalized spacial score (nSPS) is 12.1. The summed E-state index contributed by atoms with van der Waals surface area (Å²) in [5.74, 6) is -0.536. The summed E-state index contributed by atoms with van der Waals surface area (Å²) in [5.41, 5.74) is 0. The van der Waals surface area contributed by atoms with E-state index in [0.29, 0.717) is 0 Å². The molecule has 0 amide bonds. The molecule has 102 valence electrons. The number of hydrogen-bond acceptors (Lipinski definition) is 5. The number of hydrogen-bond donors (Lipinski definition) is 0. The maximum absolute atomic E-state index is 12.3. The first-order valence-corrected chi connectivity index (χ1v) is 7.92. The van der Waals surface area contributed by atoms with E-state index < -0.39 is 16.0 Å². The van der Waals surface area contributed by atoms with Crippen LogP contribution in [-0.2, 0) is 19.6 Å². The lowest BCUT2D eigenvalue weighted by atomic mass is 10.4. The van der Waals surface area contributed by atoms with E-state index >= 15 is 0 Å². The van der Waals surface area contributed by atoms with E-state index in [9.17, 15) is 13.2 Å². The van der Waals surface area contributed by atoms with Gasteiger partial charge in [0, 0.05) is 6.04 Å². The van der Waals surface area contributed by atoms with E-state index in [2.05, 4.69) is 0 Å². The second-order valence-electron chi connectivity index (χ2n) is 3.88. The molecule has 5 nitrogen and oxygen atoms in total. The molecule has 0 aliphatic rings. The lowest BCUT2D eigenvalue weighted by Gasteiger charge is -2.24. The number of carbonyl (C=O) groups is 1. The first kappa shape index (κ1) is 15.1. The predicted octanol–water partition coefficient (Wildman–Crippen LogP) is 1.71. The molecule has 0 spiro atoms. The van der Waals surface area contributed by atoms with Gasteiger partial charge in [0.2, 0.25) is 0 Å². The van der Waals surface area contributed by atoms with E-state index in [1.54, 1.807) is 32.2 Å². The van der Waals surface area contributed by atoms with Crippen molar-refractivity contribution in [1.29, 1.82) is 0 Å². The Morgan fingerprint density at radius 1 is 1.50 bits per heavy atom. The molecular formula is C11H17NO4S2. The summed E-state index contributed by atoms with van der Waals surface area (Å²) in [7, 11) is -3.62. The number of carbonyl (C=O) groups excluding carboxylic acids is 1. The molecule has 0 fully saturated rings. The molecule has 0 bridgehead atoms. The van der Waals surface area contributed by atoms with Crippen LogP contribution in [0, 0.1) is 0 Å². The number of sulfonamides is 1. The topological polar surface area (TPSA) is 63.7 Å². The second-order valence-corrected chi connectivity index (χ2v) is 6.95. The van der Waals surface area contributed by atoms with Crippen molar-refractivity contribution in [3.8, 4) is 0 Å². The third-order valence-electron chi connectivity index (χ3n) is 2.22. The highest BCUT2D eigenvalue weighted by Gasteiger charge is 2.30. The Balaban J connectivity index is 2.96. The molecule has 0 aromatic carbocycles. The summed E-state index contributed by atoms with van der Waals surface area (Å²) < 4.78 is 30.8. The van der Waals surface area contributed by atoms with Crippen LogP contribution < -0.4 is 0 Å². The van der Waals surface area contributed by atoms with Crippen molar-refractivity contribution in [2.75, 3.05) is 13.2 Å². The molecule has 18 heavy (non-hydrogen) atoms. The summed E-state index contributed by atoms with van der Waals surface area (Å²) in [6, 6.07) is 2.89. The van der Waals surface area contributed by atoms with Gasteiger partial charge in [-0.15, -0.1) is 11.3 Å². The molecule has 1 rings (SSSR count). The SMILES string of the molecule is CCOC(=O)CN(C(C)C)S(=O)(=O)c1cccs1. The molecule has 0 saturated heterocycles. The van der Waals surface area contributed by atoms with Crippen LogP contribution in [-0.4, -0.2) is 37.9 Å². The van der Waals surface area contributed by atoms with E-state index in [0.717, 1.165) is 15.6 Å². The summed E-state index contributed by atoms with van der Waals surface area (Å²) >= 11 is 1.13. The van der Waals surface area contributed by atoms with Gasteiger partial charge in [-0.3, -0.25) is 4.79 Å². The molecule has 0 aliphatic heterocycles. The maximum Gasteiger partial charge on any atom is 0.321 e. The molecule has 0 saturated carbocycles. The van der Waals surface area contributed by atoms with E-state index in [1.165, 1.54) is 6.07 Å². The van der Waals surface area contributed by atoms with Gasteiger partial charge < -0.3 is 4.74 Å². The van der Waals surface area contributed by atoms with Crippen molar-refractivity contribution in [2.45, 2.75) is 31.0 Å². The van der Waals surface area contributed by atoms with Crippen LogP contribution in [0.5, 0.6) is 0 Å². The van der Waals surface area contributed by atoms with E-state index in [-0.39, 0.29) is 23.4 Å². The van der Waals surface area contributed by atoms with Gasteiger partial charge in [0.05, 0.1) is 6.61 Å². The van der Waals surface area contributed by atoms with Crippen molar-refractivity contribution in [3.05, 3.63) is 17.5 Å². The number of thiophene rings is 1. The Labute approximate surface area is 111 Å². The number of nitrogens with zero attached hydrogens (tertiary/aromatic N) is 1. The fourth-order valence-electron chi connectivity index (χ4n) is 1.40. The van der Waals surface area contributed by atoms with Crippen molar-refractivity contribution < 1.29 is 17.9 Å². The molecule has 1 heterocycles. The minimum absolute atomic E-state index is 0.237. The molecule has 0 unspecified atom stereocenters. The molecule has 0 N–H and O–H groups in total. The maximum atomic E-state index is 12.3. The van der Waals surface area contributed by atoms with Crippen molar-refractivity contribution in [3.63, 3.8) is 0 Å². The zero-order valence-electron chi connectivity index (χ0n) is 10.6. The Hall–Kier alpha value is -0.920. The Kier molecular flexibility index (Phi) is 5.30. The second kappa shape index (κ2) is 6.31. The molecule has 7 heteroatoms. The summed E-state index contributed by atoms with van der Waals surface area (Å²) in [6.45, 7) is 5.12. The first-order valence-electron chi connectivity index (χ1n) is 5.60.